The van der Waals surface area contributed by atoms with E-state index in [1.165, 1.54) is 22.0 Å². The van der Waals surface area contributed by atoms with Crippen molar-refractivity contribution in [3.05, 3.63) is 40.4 Å². The Hall–Kier alpha value is -1.46. The fourth-order valence-corrected chi connectivity index (χ4v) is 2.98. The zero-order valence-electron chi connectivity index (χ0n) is 12.2. The van der Waals surface area contributed by atoms with Gasteiger partial charge in [0.1, 0.15) is 5.75 Å². The molecule has 1 aromatic heterocycles. The summed E-state index contributed by atoms with van der Waals surface area (Å²) in [6.45, 7) is 5.10. The highest BCUT2D eigenvalue weighted by molar-refractivity contribution is 7.05. The third-order valence-electron chi connectivity index (χ3n) is 3.33. The Morgan fingerprint density at radius 3 is 2.60 bits per heavy atom. The number of methoxy groups -OCH3 is 1. The van der Waals surface area contributed by atoms with E-state index >= 15 is 0 Å². The molecule has 20 heavy (non-hydrogen) atoms. The lowest BCUT2D eigenvalue weighted by molar-refractivity contribution is 0.414. The molecular formula is C15H21N3OS. The van der Waals surface area contributed by atoms with Crippen molar-refractivity contribution >= 4 is 11.5 Å². The summed E-state index contributed by atoms with van der Waals surface area (Å²) in [5, 5.41) is 7.63. The number of aryl methyl sites for hydroxylation is 2. The van der Waals surface area contributed by atoms with Gasteiger partial charge in [-0.25, -0.2) is 0 Å². The fraction of sp³-hybridized carbons (Fsp3) is 0.467. The Morgan fingerprint density at radius 2 is 2.05 bits per heavy atom. The van der Waals surface area contributed by atoms with Gasteiger partial charge in [0.05, 0.1) is 17.7 Å². The Bertz CT molecular complexity index is 524. The van der Waals surface area contributed by atoms with Crippen molar-refractivity contribution < 1.29 is 4.74 Å². The van der Waals surface area contributed by atoms with Gasteiger partial charge in [-0.05, 0) is 55.5 Å². The number of ether oxygens (including phenoxy) is 1. The van der Waals surface area contributed by atoms with E-state index in [2.05, 4.69) is 34.0 Å². The van der Waals surface area contributed by atoms with Crippen LogP contribution in [0.3, 0.4) is 0 Å². The maximum Gasteiger partial charge on any atom is 0.118 e. The van der Waals surface area contributed by atoms with E-state index < -0.39 is 0 Å². The van der Waals surface area contributed by atoms with Gasteiger partial charge in [0.25, 0.3) is 0 Å². The molecule has 0 saturated heterocycles. The van der Waals surface area contributed by atoms with Gasteiger partial charge in [-0.1, -0.05) is 23.5 Å². The lowest BCUT2D eigenvalue weighted by atomic mass is 10.0. The second-order valence-electron chi connectivity index (χ2n) is 4.72. The second kappa shape index (κ2) is 7.36. The maximum atomic E-state index is 5.18. The number of aromatic nitrogens is 2. The highest BCUT2D eigenvalue weighted by atomic mass is 32.1. The lowest BCUT2D eigenvalue weighted by Gasteiger charge is -2.16. The monoisotopic (exact) mass is 291 g/mol. The van der Waals surface area contributed by atoms with Gasteiger partial charge in [0, 0.05) is 6.04 Å². The number of benzene rings is 1. The second-order valence-corrected chi connectivity index (χ2v) is 5.51. The minimum Gasteiger partial charge on any atom is -0.497 e. The van der Waals surface area contributed by atoms with Crippen LogP contribution >= 0.6 is 11.5 Å². The standard InChI is InChI=1S/C15H21N3OS/c1-4-16-14(15-11(2)17-18-20-15)10-7-12-5-8-13(19-3)9-6-12/h5-6,8-9,14,16H,4,7,10H2,1-3H3. The number of nitrogens with zero attached hydrogens (tertiary/aromatic N) is 2. The summed E-state index contributed by atoms with van der Waals surface area (Å²) in [7, 11) is 1.69. The normalized spacial score (nSPS) is 12.3. The molecule has 0 amide bonds. The van der Waals surface area contributed by atoms with Crippen LogP contribution in [0.5, 0.6) is 5.75 Å². The largest absolute Gasteiger partial charge is 0.497 e. The highest BCUT2D eigenvalue weighted by Crippen LogP contribution is 2.24. The van der Waals surface area contributed by atoms with Crippen LogP contribution in [0.4, 0.5) is 0 Å². The predicted molar refractivity (Wildman–Crippen MR) is 82.4 cm³/mol. The summed E-state index contributed by atoms with van der Waals surface area (Å²) >= 11 is 1.50. The van der Waals surface area contributed by atoms with E-state index in [1.807, 2.05) is 19.1 Å². The van der Waals surface area contributed by atoms with Crippen molar-refractivity contribution in [2.24, 2.45) is 0 Å². The molecule has 0 bridgehead atoms. The van der Waals surface area contributed by atoms with Gasteiger partial charge in [0.15, 0.2) is 0 Å². The topological polar surface area (TPSA) is 47.0 Å². The molecule has 1 heterocycles. The average molecular weight is 291 g/mol. The van der Waals surface area contributed by atoms with E-state index in [9.17, 15) is 0 Å². The van der Waals surface area contributed by atoms with E-state index in [0.717, 1.165) is 30.8 Å². The Balaban J connectivity index is 2.00. The lowest BCUT2D eigenvalue weighted by Crippen LogP contribution is -2.21. The summed E-state index contributed by atoms with van der Waals surface area (Å²) in [5.41, 5.74) is 2.36. The average Bonchev–Trinajstić information content (AvgIpc) is 2.90. The molecule has 0 radical (unpaired) electrons. The van der Waals surface area contributed by atoms with Crippen LogP contribution in [0.1, 0.15) is 35.5 Å². The SMILES string of the molecule is CCNC(CCc1ccc(OC)cc1)c1snnc1C. The smallest absolute Gasteiger partial charge is 0.118 e. The van der Waals surface area contributed by atoms with Crippen molar-refractivity contribution in [1.29, 1.82) is 0 Å². The first-order chi connectivity index (χ1) is 9.74. The van der Waals surface area contributed by atoms with Crippen molar-refractivity contribution in [3.8, 4) is 5.75 Å². The minimum atomic E-state index is 0.335. The molecule has 2 rings (SSSR count). The number of hydrogen-bond acceptors (Lipinski definition) is 5. The van der Waals surface area contributed by atoms with Crippen LogP contribution in [-0.2, 0) is 6.42 Å². The van der Waals surface area contributed by atoms with Gasteiger partial charge in [0.2, 0.25) is 0 Å². The number of hydrogen-bond donors (Lipinski definition) is 1. The van der Waals surface area contributed by atoms with E-state index in [0.29, 0.717) is 6.04 Å². The summed E-state index contributed by atoms with van der Waals surface area (Å²) in [5.74, 6) is 0.902. The Labute approximate surface area is 124 Å². The van der Waals surface area contributed by atoms with Crippen LogP contribution in [0.2, 0.25) is 0 Å². The first-order valence-electron chi connectivity index (χ1n) is 6.89. The van der Waals surface area contributed by atoms with Crippen molar-refractivity contribution in [1.82, 2.24) is 14.9 Å². The molecule has 1 aromatic carbocycles. The number of rotatable bonds is 7. The summed E-state index contributed by atoms with van der Waals surface area (Å²) < 4.78 is 9.22. The van der Waals surface area contributed by atoms with Gasteiger partial charge in [-0.2, -0.15) is 0 Å². The predicted octanol–water partition coefficient (Wildman–Crippen LogP) is 3.14. The highest BCUT2D eigenvalue weighted by Gasteiger charge is 2.16. The quantitative estimate of drug-likeness (QED) is 0.851. The molecule has 0 aliphatic carbocycles. The zero-order chi connectivity index (χ0) is 14.4. The van der Waals surface area contributed by atoms with E-state index in [-0.39, 0.29) is 0 Å². The molecule has 4 nitrogen and oxygen atoms in total. The Kier molecular flexibility index (Phi) is 5.49. The third kappa shape index (κ3) is 3.77. The minimum absolute atomic E-state index is 0.335. The van der Waals surface area contributed by atoms with Crippen molar-refractivity contribution in [2.75, 3.05) is 13.7 Å². The first-order valence-corrected chi connectivity index (χ1v) is 7.67. The van der Waals surface area contributed by atoms with Crippen molar-refractivity contribution in [2.45, 2.75) is 32.7 Å². The van der Waals surface area contributed by atoms with Crippen LogP contribution in [-0.4, -0.2) is 23.2 Å². The fourth-order valence-electron chi connectivity index (χ4n) is 2.23. The third-order valence-corrected chi connectivity index (χ3v) is 4.27. The maximum absolute atomic E-state index is 5.18. The van der Waals surface area contributed by atoms with Gasteiger partial charge >= 0.3 is 0 Å². The summed E-state index contributed by atoms with van der Waals surface area (Å²) in [6.07, 6.45) is 2.07. The van der Waals surface area contributed by atoms with Crippen LogP contribution in [0.25, 0.3) is 0 Å². The van der Waals surface area contributed by atoms with Crippen LogP contribution in [0, 0.1) is 6.92 Å². The molecule has 0 aliphatic heterocycles. The van der Waals surface area contributed by atoms with Crippen LogP contribution < -0.4 is 10.1 Å². The molecule has 0 spiro atoms. The van der Waals surface area contributed by atoms with Crippen LogP contribution in [0.15, 0.2) is 24.3 Å². The van der Waals surface area contributed by atoms with Gasteiger partial charge in [-0.3, -0.25) is 0 Å². The molecule has 1 unspecified atom stereocenters. The van der Waals surface area contributed by atoms with E-state index in [4.69, 9.17) is 4.74 Å². The zero-order valence-corrected chi connectivity index (χ0v) is 13.0. The van der Waals surface area contributed by atoms with Gasteiger partial charge in [-0.15, -0.1) is 5.10 Å². The Morgan fingerprint density at radius 1 is 1.30 bits per heavy atom. The molecule has 1 N–H and O–H groups in total. The van der Waals surface area contributed by atoms with Gasteiger partial charge < -0.3 is 10.1 Å². The first kappa shape index (κ1) is 14.9. The number of nitrogens with one attached hydrogen (secondary N) is 1. The summed E-state index contributed by atoms with van der Waals surface area (Å²) in [4.78, 5) is 1.25. The molecule has 0 fully saturated rings. The summed E-state index contributed by atoms with van der Waals surface area (Å²) in [6, 6.07) is 8.61. The molecule has 2 aromatic rings. The molecular weight excluding hydrogens is 270 g/mol. The molecule has 108 valence electrons. The molecule has 0 saturated carbocycles. The molecule has 1 atom stereocenters. The molecule has 5 heteroatoms. The van der Waals surface area contributed by atoms with Crippen molar-refractivity contribution in [3.63, 3.8) is 0 Å². The van der Waals surface area contributed by atoms with E-state index in [1.54, 1.807) is 7.11 Å². The molecule has 0 aliphatic rings.